The van der Waals surface area contributed by atoms with Crippen LogP contribution in [0.4, 0.5) is 0 Å². The first-order chi connectivity index (χ1) is 12.7. The first-order valence-corrected chi connectivity index (χ1v) is 9.62. The van der Waals surface area contributed by atoms with Gasteiger partial charge in [0.05, 0.1) is 12.7 Å². The third-order valence-electron chi connectivity index (χ3n) is 4.03. The number of nitrogens with one attached hydrogen (secondary N) is 1. The molecule has 3 rings (SSSR count). The molecule has 2 heterocycles. The average molecular weight is 398 g/mol. The molecule has 0 spiro atoms. The third-order valence-corrected chi connectivity index (χ3v) is 4.94. The Hall–Kier alpha value is -2.23. The molecule has 1 unspecified atom stereocenters. The van der Waals surface area contributed by atoms with Crippen LogP contribution in [0.1, 0.15) is 18.2 Å². The van der Waals surface area contributed by atoms with E-state index in [2.05, 4.69) is 4.98 Å². The van der Waals surface area contributed by atoms with E-state index in [1.807, 2.05) is 0 Å². The molecule has 0 bridgehead atoms. The summed E-state index contributed by atoms with van der Waals surface area (Å²) in [5.41, 5.74) is -0.873. The SMILES string of the molecule is Cc1cn([C@H]2C[C@H](O)[C@@H](COP(=O)(O)Oc3ccccc3)O2)c(=O)[nH]c1=O. The van der Waals surface area contributed by atoms with Gasteiger partial charge in [-0.3, -0.25) is 23.8 Å². The van der Waals surface area contributed by atoms with Crippen LogP contribution in [-0.2, 0) is 13.8 Å². The number of hydrogen-bond acceptors (Lipinski definition) is 7. The zero-order valence-electron chi connectivity index (χ0n) is 14.3. The van der Waals surface area contributed by atoms with E-state index in [0.717, 1.165) is 4.57 Å². The summed E-state index contributed by atoms with van der Waals surface area (Å²) in [5.74, 6) is 0.157. The molecule has 0 amide bonds. The summed E-state index contributed by atoms with van der Waals surface area (Å²) in [6.07, 6.45) is -1.45. The molecule has 146 valence electrons. The fourth-order valence-corrected chi connectivity index (χ4v) is 3.42. The molecule has 11 heteroatoms. The third kappa shape index (κ3) is 4.74. The molecule has 3 N–H and O–H groups in total. The molecule has 2 aromatic rings. The van der Waals surface area contributed by atoms with Crippen LogP contribution in [0.25, 0.3) is 0 Å². The lowest BCUT2D eigenvalue weighted by atomic mass is 10.2. The molecule has 10 nitrogen and oxygen atoms in total. The van der Waals surface area contributed by atoms with Crippen LogP contribution in [0.5, 0.6) is 5.75 Å². The molecular weight excluding hydrogens is 379 g/mol. The number of aryl methyl sites for hydroxylation is 1. The topological polar surface area (TPSA) is 140 Å². The minimum Gasteiger partial charge on any atom is -0.404 e. The normalized spacial score (nSPS) is 24.5. The number of aliphatic hydroxyl groups excluding tert-OH is 1. The number of hydrogen-bond donors (Lipinski definition) is 3. The Labute approximate surface area is 153 Å². The van der Waals surface area contributed by atoms with Crippen molar-refractivity contribution in [3.05, 3.63) is 62.9 Å². The van der Waals surface area contributed by atoms with Gasteiger partial charge in [-0.2, -0.15) is 0 Å². The number of aliphatic hydroxyl groups is 1. The van der Waals surface area contributed by atoms with Crippen molar-refractivity contribution in [3.63, 3.8) is 0 Å². The predicted octanol–water partition coefficient (Wildman–Crippen LogP) is 0.689. The van der Waals surface area contributed by atoms with Crippen molar-refractivity contribution in [2.24, 2.45) is 0 Å². The molecule has 27 heavy (non-hydrogen) atoms. The second-order valence-corrected chi connectivity index (χ2v) is 7.46. The molecule has 1 aromatic heterocycles. The number of phosphoric acid groups is 1. The number of aromatic amines is 1. The maximum atomic E-state index is 12.0. The fraction of sp³-hybridized carbons (Fsp3) is 0.375. The highest BCUT2D eigenvalue weighted by Crippen LogP contribution is 2.44. The summed E-state index contributed by atoms with van der Waals surface area (Å²) in [6.45, 7) is 1.11. The first-order valence-electron chi connectivity index (χ1n) is 8.13. The summed E-state index contributed by atoms with van der Waals surface area (Å²) >= 11 is 0. The number of aromatic nitrogens is 2. The lowest BCUT2D eigenvalue weighted by Gasteiger charge is -2.18. The van der Waals surface area contributed by atoms with Crippen molar-refractivity contribution in [2.45, 2.75) is 31.8 Å². The fourth-order valence-electron chi connectivity index (χ4n) is 2.64. The number of H-pyrrole nitrogens is 1. The van der Waals surface area contributed by atoms with Crippen LogP contribution in [0.2, 0.25) is 0 Å². The van der Waals surface area contributed by atoms with E-state index in [1.165, 1.54) is 25.3 Å². The van der Waals surface area contributed by atoms with Crippen LogP contribution in [0.15, 0.2) is 46.1 Å². The molecule has 0 radical (unpaired) electrons. The number of benzene rings is 1. The van der Waals surface area contributed by atoms with Gasteiger partial charge in [-0.25, -0.2) is 9.36 Å². The lowest BCUT2D eigenvalue weighted by molar-refractivity contribution is -0.0447. The van der Waals surface area contributed by atoms with Gasteiger partial charge in [-0.15, -0.1) is 0 Å². The van der Waals surface area contributed by atoms with Gasteiger partial charge in [-0.05, 0) is 19.1 Å². The molecular formula is C16H19N2O8P. The zero-order chi connectivity index (χ0) is 19.6. The summed E-state index contributed by atoms with van der Waals surface area (Å²) < 4.78 is 28.5. The highest BCUT2D eigenvalue weighted by Gasteiger charge is 2.38. The van der Waals surface area contributed by atoms with Crippen LogP contribution < -0.4 is 15.8 Å². The summed E-state index contributed by atoms with van der Waals surface area (Å²) in [6, 6.07) is 7.98. The minimum atomic E-state index is -4.42. The van der Waals surface area contributed by atoms with E-state index in [-0.39, 0.29) is 12.2 Å². The van der Waals surface area contributed by atoms with E-state index in [1.54, 1.807) is 18.2 Å². The van der Waals surface area contributed by atoms with Crippen molar-refractivity contribution in [3.8, 4) is 5.75 Å². The molecule has 0 aliphatic carbocycles. The van der Waals surface area contributed by atoms with Gasteiger partial charge in [-0.1, -0.05) is 18.2 Å². The Kier molecular flexibility index (Phi) is 5.64. The monoisotopic (exact) mass is 398 g/mol. The molecule has 1 saturated heterocycles. The summed E-state index contributed by atoms with van der Waals surface area (Å²) in [7, 11) is -4.42. The number of ether oxygens (including phenoxy) is 1. The van der Waals surface area contributed by atoms with Crippen LogP contribution in [0.3, 0.4) is 0 Å². The molecule has 1 aliphatic rings. The Bertz CT molecular complexity index is 957. The van der Waals surface area contributed by atoms with Gasteiger partial charge in [0.25, 0.3) is 5.56 Å². The number of para-hydroxylation sites is 1. The maximum Gasteiger partial charge on any atom is 0.527 e. The predicted molar refractivity (Wildman–Crippen MR) is 93.4 cm³/mol. The van der Waals surface area contributed by atoms with Gasteiger partial charge >= 0.3 is 13.5 Å². The van der Waals surface area contributed by atoms with Crippen LogP contribution in [-0.4, -0.2) is 38.4 Å². The molecule has 1 aliphatic heterocycles. The van der Waals surface area contributed by atoms with Gasteiger partial charge < -0.3 is 14.4 Å². The zero-order valence-corrected chi connectivity index (χ0v) is 15.2. The van der Waals surface area contributed by atoms with Crippen molar-refractivity contribution >= 4 is 7.82 Å². The number of rotatable bonds is 6. The Morgan fingerprint density at radius 1 is 1.33 bits per heavy atom. The van der Waals surface area contributed by atoms with Gasteiger partial charge in [0.15, 0.2) is 0 Å². The van der Waals surface area contributed by atoms with E-state index in [4.69, 9.17) is 13.8 Å². The van der Waals surface area contributed by atoms with Gasteiger partial charge in [0, 0.05) is 18.2 Å². The van der Waals surface area contributed by atoms with Crippen molar-refractivity contribution in [1.29, 1.82) is 0 Å². The highest BCUT2D eigenvalue weighted by atomic mass is 31.2. The van der Waals surface area contributed by atoms with Crippen molar-refractivity contribution < 1.29 is 28.3 Å². The largest absolute Gasteiger partial charge is 0.527 e. The number of phosphoric ester groups is 1. The second-order valence-electron chi connectivity index (χ2n) is 6.08. The van der Waals surface area contributed by atoms with E-state index in [0.29, 0.717) is 5.56 Å². The van der Waals surface area contributed by atoms with Crippen molar-refractivity contribution in [2.75, 3.05) is 6.61 Å². The Morgan fingerprint density at radius 3 is 2.74 bits per heavy atom. The van der Waals surface area contributed by atoms with Gasteiger partial charge in [0.1, 0.15) is 18.1 Å². The van der Waals surface area contributed by atoms with Crippen LogP contribution >= 0.6 is 7.82 Å². The van der Waals surface area contributed by atoms with E-state index in [9.17, 15) is 24.2 Å². The van der Waals surface area contributed by atoms with Gasteiger partial charge in [0.2, 0.25) is 0 Å². The molecule has 1 aromatic carbocycles. The summed E-state index contributed by atoms with van der Waals surface area (Å²) in [4.78, 5) is 35.3. The van der Waals surface area contributed by atoms with E-state index >= 15 is 0 Å². The quantitative estimate of drug-likeness (QED) is 0.604. The van der Waals surface area contributed by atoms with E-state index < -0.39 is 44.1 Å². The highest BCUT2D eigenvalue weighted by molar-refractivity contribution is 7.47. The Morgan fingerprint density at radius 2 is 2.04 bits per heavy atom. The Balaban J connectivity index is 1.64. The first kappa shape index (κ1) is 19.5. The average Bonchev–Trinajstić information content (AvgIpc) is 2.97. The molecule has 0 saturated carbocycles. The maximum absolute atomic E-state index is 12.0. The second kappa shape index (κ2) is 7.79. The smallest absolute Gasteiger partial charge is 0.404 e. The molecule has 4 atom stereocenters. The number of nitrogens with zero attached hydrogens (tertiary/aromatic N) is 1. The lowest BCUT2D eigenvalue weighted by Crippen LogP contribution is -2.33. The van der Waals surface area contributed by atoms with Crippen molar-refractivity contribution in [1.82, 2.24) is 9.55 Å². The standard InChI is InChI=1S/C16H19N2O8P/c1-10-8-18(16(21)17-15(10)20)14-7-12(19)13(25-14)9-24-27(22,23)26-11-5-3-2-4-6-11/h2-6,8,12-14,19H,7,9H2,1H3,(H,22,23)(H,17,20,21)/t12-,13+,14+/m0/s1. The van der Waals surface area contributed by atoms with Crippen LogP contribution in [0, 0.1) is 6.92 Å². The minimum absolute atomic E-state index is 0.0503. The summed E-state index contributed by atoms with van der Waals surface area (Å²) in [5, 5.41) is 10.1. The molecule has 1 fully saturated rings.